The SMILES string of the molecule is CNS(=O)(=O)O.c1ccc([S+](c2ccccc2)c2ccccc2)cc1. The van der Waals surface area contributed by atoms with Gasteiger partial charge >= 0.3 is 10.3 Å². The first-order valence-electron chi connectivity index (χ1n) is 7.56. The average molecular weight is 375 g/mol. The van der Waals surface area contributed by atoms with Crippen molar-refractivity contribution >= 4 is 21.2 Å². The molecule has 0 heterocycles. The molecule has 130 valence electrons. The fourth-order valence-corrected chi connectivity index (χ4v) is 4.18. The second-order valence-corrected chi connectivity index (χ2v) is 8.31. The highest BCUT2D eigenvalue weighted by Crippen LogP contribution is 2.30. The second kappa shape index (κ2) is 9.39. The van der Waals surface area contributed by atoms with Crippen LogP contribution in [0.2, 0.25) is 0 Å². The number of nitrogens with one attached hydrogen (secondary N) is 1. The van der Waals surface area contributed by atoms with Gasteiger partial charge in [0.15, 0.2) is 14.7 Å². The van der Waals surface area contributed by atoms with E-state index in [2.05, 4.69) is 91.0 Å². The van der Waals surface area contributed by atoms with Crippen molar-refractivity contribution in [3.63, 3.8) is 0 Å². The molecule has 3 rings (SSSR count). The molecule has 0 spiro atoms. The highest BCUT2D eigenvalue weighted by Gasteiger charge is 2.27. The highest BCUT2D eigenvalue weighted by atomic mass is 32.2. The lowest BCUT2D eigenvalue weighted by molar-refractivity contribution is 0.473. The van der Waals surface area contributed by atoms with Crippen LogP contribution in [0.5, 0.6) is 0 Å². The lowest BCUT2D eigenvalue weighted by Crippen LogP contribution is -2.16. The van der Waals surface area contributed by atoms with Crippen LogP contribution in [-0.2, 0) is 21.2 Å². The fourth-order valence-electron chi connectivity index (χ4n) is 2.08. The summed E-state index contributed by atoms with van der Waals surface area (Å²) in [6, 6.07) is 32.2. The Labute approximate surface area is 151 Å². The molecular formula is C19H20NO3S2+. The van der Waals surface area contributed by atoms with Crippen LogP contribution in [0, 0.1) is 0 Å². The van der Waals surface area contributed by atoms with E-state index in [1.165, 1.54) is 14.7 Å². The number of benzene rings is 3. The fraction of sp³-hybridized carbons (Fsp3) is 0.0526. The average Bonchev–Trinajstić information content (AvgIpc) is 2.65. The normalized spacial score (nSPS) is 10.8. The largest absolute Gasteiger partial charge is 0.333 e. The van der Waals surface area contributed by atoms with Gasteiger partial charge in [0, 0.05) is 7.05 Å². The van der Waals surface area contributed by atoms with E-state index in [9.17, 15) is 8.42 Å². The number of rotatable bonds is 4. The third kappa shape index (κ3) is 6.36. The number of hydrogen-bond acceptors (Lipinski definition) is 2. The van der Waals surface area contributed by atoms with Crippen LogP contribution in [-0.4, -0.2) is 20.0 Å². The predicted octanol–water partition coefficient (Wildman–Crippen LogP) is 3.79. The summed E-state index contributed by atoms with van der Waals surface area (Å²) in [5.41, 5.74) is 0. The molecule has 0 aliphatic rings. The Morgan fingerprint density at radius 2 is 0.920 bits per heavy atom. The molecule has 25 heavy (non-hydrogen) atoms. The number of hydrogen-bond donors (Lipinski definition) is 2. The summed E-state index contributed by atoms with van der Waals surface area (Å²) in [7, 11) is -2.81. The molecule has 0 aromatic heterocycles. The van der Waals surface area contributed by atoms with E-state index in [-0.39, 0.29) is 10.9 Å². The Balaban J connectivity index is 0.000000326. The minimum Gasteiger partial charge on any atom is -0.273 e. The summed E-state index contributed by atoms with van der Waals surface area (Å²) in [5.74, 6) is 0. The molecule has 0 fully saturated rings. The first-order chi connectivity index (χ1) is 12.0. The standard InChI is InChI=1S/C18H15S.CH5NO3S/c1-4-10-16(11-5-1)19(17-12-6-2-7-13-17)18-14-8-3-9-15-18;1-2-6(3,4)5/h1-15H;2H,1H3,(H,3,4,5)/q+1;. The maximum Gasteiger partial charge on any atom is 0.333 e. The van der Waals surface area contributed by atoms with Gasteiger partial charge in [-0.3, -0.25) is 4.55 Å². The van der Waals surface area contributed by atoms with Gasteiger partial charge in [-0.05, 0) is 36.4 Å². The molecule has 3 aromatic carbocycles. The molecule has 0 amide bonds. The van der Waals surface area contributed by atoms with Crippen LogP contribution in [0.25, 0.3) is 0 Å². The molecule has 0 saturated heterocycles. The molecule has 0 aliphatic heterocycles. The van der Waals surface area contributed by atoms with Crippen molar-refractivity contribution in [2.24, 2.45) is 0 Å². The van der Waals surface area contributed by atoms with Gasteiger partial charge in [0.1, 0.15) is 0 Å². The van der Waals surface area contributed by atoms with Crippen molar-refractivity contribution in [1.82, 2.24) is 4.72 Å². The molecule has 0 radical (unpaired) electrons. The van der Waals surface area contributed by atoms with Gasteiger partial charge in [0.25, 0.3) is 0 Å². The minimum atomic E-state index is -3.91. The Morgan fingerprint density at radius 1 is 0.680 bits per heavy atom. The lowest BCUT2D eigenvalue weighted by Gasteiger charge is -2.07. The van der Waals surface area contributed by atoms with E-state index in [1.54, 1.807) is 4.72 Å². The molecule has 0 atom stereocenters. The first kappa shape index (κ1) is 19.2. The smallest absolute Gasteiger partial charge is 0.273 e. The van der Waals surface area contributed by atoms with Crippen LogP contribution in [0.4, 0.5) is 0 Å². The molecule has 0 aliphatic carbocycles. The predicted molar refractivity (Wildman–Crippen MR) is 102 cm³/mol. The van der Waals surface area contributed by atoms with Crippen molar-refractivity contribution in [3.8, 4) is 0 Å². The summed E-state index contributed by atoms with van der Waals surface area (Å²) in [4.78, 5) is 4.08. The molecule has 2 N–H and O–H groups in total. The molecule has 6 heteroatoms. The topological polar surface area (TPSA) is 66.4 Å². The molecule has 3 aromatic rings. The zero-order valence-electron chi connectivity index (χ0n) is 13.7. The van der Waals surface area contributed by atoms with E-state index in [0.29, 0.717) is 0 Å². The molecular weight excluding hydrogens is 354 g/mol. The van der Waals surface area contributed by atoms with Crippen molar-refractivity contribution in [2.45, 2.75) is 14.7 Å². The molecule has 0 bridgehead atoms. The van der Waals surface area contributed by atoms with E-state index in [1.807, 2.05) is 0 Å². The summed E-state index contributed by atoms with van der Waals surface area (Å²) >= 11 is 0. The van der Waals surface area contributed by atoms with E-state index in [4.69, 9.17) is 4.55 Å². The maximum absolute atomic E-state index is 9.44. The zero-order valence-corrected chi connectivity index (χ0v) is 15.4. The van der Waals surface area contributed by atoms with E-state index < -0.39 is 10.3 Å². The Bertz CT molecular complexity index is 761. The quantitative estimate of drug-likeness (QED) is 0.539. The van der Waals surface area contributed by atoms with Gasteiger partial charge in [-0.2, -0.15) is 13.1 Å². The van der Waals surface area contributed by atoms with Crippen molar-refractivity contribution in [1.29, 1.82) is 0 Å². The molecule has 4 nitrogen and oxygen atoms in total. The van der Waals surface area contributed by atoms with Crippen molar-refractivity contribution in [2.75, 3.05) is 7.05 Å². The van der Waals surface area contributed by atoms with Crippen LogP contribution >= 0.6 is 0 Å². The monoisotopic (exact) mass is 374 g/mol. The summed E-state index contributed by atoms with van der Waals surface area (Å²) in [6.07, 6.45) is 0. The van der Waals surface area contributed by atoms with Gasteiger partial charge in [0.05, 0.1) is 10.9 Å². The van der Waals surface area contributed by atoms with Crippen LogP contribution in [0.3, 0.4) is 0 Å². The van der Waals surface area contributed by atoms with E-state index in [0.717, 1.165) is 7.05 Å². The third-order valence-corrected chi connectivity index (χ3v) is 5.94. The van der Waals surface area contributed by atoms with Gasteiger partial charge in [0.2, 0.25) is 0 Å². The zero-order chi connectivity index (χ0) is 18.1. The molecule has 0 unspecified atom stereocenters. The van der Waals surface area contributed by atoms with E-state index >= 15 is 0 Å². The second-order valence-electron chi connectivity index (χ2n) is 4.92. The van der Waals surface area contributed by atoms with Crippen molar-refractivity contribution < 1.29 is 13.0 Å². The van der Waals surface area contributed by atoms with Crippen LogP contribution < -0.4 is 4.72 Å². The Morgan fingerprint density at radius 3 is 1.12 bits per heavy atom. The van der Waals surface area contributed by atoms with Crippen molar-refractivity contribution in [3.05, 3.63) is 91.0 Å². The lowest BCUT2D eigenvalue weighted by atomic mass is 10.4. The van der Waals surface area contributed by atoms with Crippen LogP contribution in [0.15, 0.2) is 106 Å². The minimum absolute atomic E-state index is 0.0146. The van der Waals surface area contributed by atoms with Gasteiger partial charge < -0.3 is 0 Å². The summed E-state index contributed by atoms with van der Waals surface area (Å²) in [6.45, 7) is 0. The van der Waals surface area contributed by atoms with Gasteiger partial charge in [-0.15, -0.1) is 0 Å². The molecule has 0 saturated carbocycles. The summed E-state index contributed by atoms with van der Waals surface area (Å²) in [5, 5.41) is 0. The maximum atomic E-state index is 9.44. The van der Waals surface area contributed by atoms with Gasteiger partial charge in [-0.25, -0.2) is 0 Å². The first-order valence-corrected chi connectivity index (χ1v) is 10.2. The Kier molecular flexibility index (Phi) is 7.21. The van der Waals surface area contributed by atoms with Gasteiger partial charge in [-0.1, -0.05) is 54.6 Å². The highest BCUT2D eigenvalue weighted by molar-refractivity contribution is 7.97. The Hall–Kier alpha value is -2.12. The van der Waals surface area contributed by atoms with Crippen LogP contribution in [0.1, 0.15) is 0 Å². The summed E-state index contributed by atoms with van der Waals surface area (Å²) < 4.78 is 28.2. The third-order valence-electron chi connectivity index (χ3n) is 3.19.